The highest BCUT2D eigenvalue weighted by atomic mass is 16.5. The molecule has 0 radical (unpaired) electrons. The number of ether oxygens (including phenoxy) is 3. The summed E-state index contributed by atoms with van der Waals surface area (Å²) in [6.07, 6.45) is 0. The Morgan fingerprint density at radius 1 is 0.769 bits per heavy atom. The average molecular weight is 358 g/mol. The van der Waals surface area contributed by atoms with Crippen LogP contribution in [0, 0.1) is 0 Å². The molecule has 2 rings (SSSR count). The molecule has 0 unspecified atom stereocenters. The average Bonchev–Trinajstić information content (AvgIpc) is 2.66. The van der Waals surface area contributed by atoms with E-state index >= 15 is 0 Å². The number of hydrogen-bond donors (Lipinski definition) is 2. The van der Waals surface area contributed by atoms with Crippen molar-refractivity contribution < 1.29 is 28.6 Å². The minimum atomic E-state index is -0.646. The molecule has 2 amide bonds. The maximum absolute atomic E-state index is 12.2. The van der Waals surface area contributed by atoms with Crippen molar-refractivity contribution in [3.8, 4) is 5.75 Å². The summed E-state index contributed by atoms with van der Waals surface area (Å²) >= 11 is 0. The summed E-state index contributed by atoms with van der Waals surface area (Å²) < 4.78 is 14.4. The number of carbonyl (C=O) groups excluding carboxylic acids is 3. The first-order chi connectivity index (χ1) is 12.5. The van der Waals surface area contributed by atoms with Crippen molar-refractivity contribution in [2.75, 3.05) is 32.0 Å². The Balaban J connectivity index is 2.22. The van der Waals surface area contributed by atoms with Gasteiger partial charge < -0.3 is 24.8 Å². The van der Waals surface area contributed by atoms with E-state index in [9.17, 15) is 14.4 Å². The molecule has 2 aromatic carbocycles. The molecular weight excluding hydrogens is 340 g/mol. The number of esters is 2. The third-order valence-electron chi connectivity index (χ3n) is 3.36. The highest BCUT2D eigenvalue weighted by Crippen LogP contribution is 2.19. The molecule has 0 heterocycles. The van der Waals surface area contributed by atoms with E-state index < -0.39 is 18.0 Å². The lowest BCUT2D eigenvalue weighted by molar-refractivity contribution is 0.0599. The van der Waals surface area contributed by atoms with E-state index in [0.29, 0.717) is 11.4 Å². The number of urea groups is 1. The van der Waals surface area contributed by atoms with Gasteiger partial charge in [0.05, 0.1) is 32.5 Å². The second-order valence-corrected chi connectivity index (χ2v) is 5.09. The van der Waals surface area contributed by atoms with Crippen LogP contribution in [-0.4, -0.2) is 39.3 Å². The number of methoxy groups -OCH3 is 3. The number of amides is 2. The summed E-state index contributed by atoms with van der Waals surface area (Å²) in [7, 11) is 3.96. The normalized spacial score (nSPS) is 9.81. The van der Waals surface area contributed by atoms with Crippen LogP contribution in [0.15, 0.2) is 42.5 Å². The SMILES string of the molecule is COC(=O)c1cc(NC(=O)Nc2cccc(OC)c2)cc(C(=O)OC)c1. The van der Waals surface area contributed by atoms with Crippen LogP contribution >= 0.6 is 0 Å². The van der Waals surface area contributed by atoms with Gasteiger partial charge in [-0.25, -0.2) is 14.4 Å². The molecule has 8 nitrogen and oxygen atoms in total. The van der Waals surface area contributed by atoms with Gasteiger partial charge in [0.1, 0.15) is 5.75 Å². The lowest BCUT2D eigenvalue weighted by Crippen LogP contribution is -2.20. The molecule has 2 N–H and O–H groups in total. The standard InChI is InChI=1S/C18H18N2O6/c1-24-15-6-4-5-13(10-15)19-18(23)20-14-8-11(16(21)25-2)7-12(9-14)17(22)26-3/h4-10H,1-3H3,(H2,19,20,23). The predicted octanol–water partition coefficient (Wildman–Crippen LogP) is 2.91. The van der Waals surface area contributed by atoms with Crippen molar-refractivity contribution in [1.82, 2.24) is 0 Å². The van der Waals surface area contributed by atoms with Gasteiger partial charge in [0.2, 0.25) is 0 Å². The number of rotatable bonds is 5. The van der Waals surface area contributed by atoms with Crippen LogP contribution in [0.5, 0.6) is 5.75 Å². The molecule has 0 aliphatic heterocycles. The van der Waals surface area contributed by atoms with E-state index in [0.717, 1.165) is 0 Å². The summed E-state index contributed by atoms with van der Waals surface area (Å²) in [5, 5.41) is 5.19. The zero-order valence-corrected chi connectivity index (χ0v) is 14.5. The Kier molecular flexibility index (Phi) is 6.15. The Bertz CT molecular complexity index is 800. The fraction of sp³-hybridized carbons (Fsp3) is 0.167. The van der Waals surface area contributed by atoms with Gasteiger partial charge in [-0.15, -0.1) is 0 Å². The van der Waals surface area contributed by atoms with Gasteiger partial charge in [-0.2, -0.15) is 0 Å². The second kappa shape index (κ2) is 8.52. The van der Waals surface area contributed by atoms with E-state index in [4.69, 9.17) is 4.74 Å². The maximum Gasteiger partial charge on any atom is 0.337 e. The molecule has 0 saturated carbocycles. The minimum absolute atomic E-state index is 0.104. The highest BCUT2D eigenvalue weighted by molar-refractivity contribution is 6.02. The number of nitrogens with one attached hydrogen (secondary N) is 2. The van der Waals surface area contributed by atoms with Gasteiger partial charge in [0.25, 0.3) is 0 Å². The van der Waals surface area contributed by atoms with Crippen LogP contribution in [0.2, 0.25) is 0 Å². The predicted molar refractivity (Wildman–Crippen MR) is 94.8 cm³/mol. The molecule has 0 bridgehead atoms. The molecule has 0 aliphatic rings. The fourth-order valence-corrected chi connectivity index (χ4v) is 2.17. The van der Waals surface area contributed by atoms with E-state index in [1.54, 1.807) is 24.3 Å². The topological polar surface area (TPSA) is 103 Å². The second-order valence-electron chi connectivity index (χ2n) is 5.09. The van der Waals surface area contributed by atoms with Crippen molar-refractivity contribution >= 4 is 29.3 Å². The van der Waals surface area contributed by atoms with E-state index in [-0.39, 0.29) is 16.8 Å². The highest BCUT2D eigenvalue weighted by Gasteiger charge is 2.15. The first-order valence-corrected chi connectivity index (χ1v) is 7.50. The largest absolute Gasteiger partial charge is 0.497 e. The van der Waals surface area contributed by atoms with Crippen molar-refractivity contribution in [1.29, 1.82) is 0 Å². The van der Waals surface area contributed by atoms with Crippen LogP contribution in [0.25, 0.3) is 0 Å². The van der Waals surface area contributed by atoms with Gasteiger partial charge in [0, 0.05) is 17.4 Å². The van der Waals surface area contributed by atoms with Gasteiger partial charge in [-0.05, 0) is 30.3 Å². The zero-order chi connectivity index (χ0) is 19.1. The maximum atomic E-state index is 12.2. The molecule has 2 aromatic rings. The molecule has 0 spiro atoms. The van der Waals surface area contributed by atoms with Gasteiger partial charge in [-0.3, -0.25) is 0 Å². The van der Waals surface area contributed by atoms with E-state index in [2.05, 4.69) is 20.1 Å². The Morgan fingerprint density at radius 3 is 1.88 bits per heavy atom. The number of hydrogen-bond acceptors (Lipinski definition) is 6. The number of carbonyl (C=O) groups is 3. The first-order valence-electron chi connectivity index (χ1n) is 7.50. The number of benzene rings is 2. The fourth-order valence-electron chi connectivity index (χ4n) is 2.17. The molecule has 26 heavy (non-hydrogen) atoms. The van der Waals surface area contributed by atoms with Crippen LogP contribution < -0.4 is 15.4 Å². The van der Waals surface area contributed by atoms with Gasteiger partial charge in [-0.1, -0.05) is 6.07 Å². The first kappa shape index (κ1) is 18.8. The molecule has 0 aromatic heterocycles. The lowest BCUT2D eigenvalue weighted by Gasteiger charge is -2.11. The van der Waals surface area contributed by atoms with Crippen LogP contribution in [0.3, 0.4) is 0 Å². The Labute approximate surface area is 150 Å². The molecule has 0 aliphatic carbocycles. The smallest absolute Gasteiger partial charge is 0.337 e. The Hall–Kier alpha value is -3.55. The molecule has 0 atom stereocenters. The molecule has 0 fully saturated rings. The van der Waals surface area contributed by atoms with Crippen molar-refractivity contribution in [2.24, 2.45) is 0 Å². The molecular formula is C18H18N2O6. The quantitative estimate of drug-likeness (QED) is 0.797. The van der Waals surface area contributed by atoms with Crippen molar-refractivity contribution in [2.45, 2.75) is 0 Å². The summed E-state index contributed by atoms with van der Waals surface area (Å²) in [5.41, 5.74) is 0.951. The third kappa shape index (κ3) is 4.73. The minimum Gasteiger partial charge on any atom is -0.497 e. The molecule has 136 valence electrons. The van der Waals surface area contributed by atoms with E-state index in [1.165, 1.54) is 39.5 Å². The summed E-state index contributed by atoms with van der Waals surface area (Å²) in [4.78, 5) is 35.7. The summed E-state index contributed by atoms with van der Waals surface area (Å²) in [6.45, 7) is 0. The number of anilines is 2. The zero-order valence-electron chi connectivity index (χ0n) is 14.5. The lowest BCUT2D eigenvalue weighted by atomic mass is 10.1. The Morgan fingerprint density at radius 2 is 1.35 bits per heavy atom. The van der Waals surface area contributed by atoms with Crippen LogP contribution in [0.4, 0.5) is 16.2 Å². The monoisotopic (exact) mass is 358 g/mol. The van der Waals surface area contributed by atoms with Gasteiger partial charge in [0.15, 0.2) is 0 Å². The van der Waals surface area contributed by atoms with Gasteiger partial charge >= 0.3 is 18.0 Å². The van der Waals surface area contributed by atoms with Crippen molar-refractivity contribution in [3.05, 3.63) is 53.6 Å². The molecule has 0 saturated heterocycles. The third-order valence-corrected chi connectivity index (χ3v) is 3.36. The van der Waals surface area contributed by atoms with Crippen LogP contribution in [0.1, 0.15) is 20.7 Å². The summed E-state index contributed by atoms with van der Waals surface area (Å²) in [6, 6.07) is 10.3. The molecule has 8 heteroatoms. The van der Waals surface area contributed by atoms with Crippen molar-refractivity contribution in [3.63, 3.8) is 0 Å². The van der Waals surface area contributed by atoms with Crippen LogP contribution in [-0.2, 0) is 9.47 Å². The van der Waals surface area contributed by atoms with E-state index in [1.807, 2.05) is 0 Å². The summed E-state index contributed by atoms with van der Waals surface area (Å²) in [5.74, 6) is -0.706.